The minimum Gasteiger partial charge on any atom is -0.229 e. The predicted molar refractivity (Wildman–Crippen MR) is 94.4 cm³/mol. The number of thiophene rings is 1. The van der Waals surface area contributed by atoms with Crippen molar-refractivity contribution >= 4 is 56.4 Å². The Morgan fingerprint density at radius 1 is 1.18 bits per heavy atom. The van der Waals surface area contributed by atoms with E-state index in [-0.39, 0.29) is 0 Å². The molecule has 1 aliphatic carbocycles. The third-order valence-electron chi connectivity index (χ3n) is 3.80. The molecule has 0 N–H and O–H groups in total. The normalized spacial score (nSPS) is 17.8. The van der Waals surface area contributed by atoms with Crippen molar-refractivity contribution in [2.45, 2.75) is 39.9 Å². The Bertz CT molecular complexity index is 825. The molecule has 0 saturated heterocycles. The molecule has 0 unspecified atom stereocenters. The van der Waals surface area contributed by atoms with Gasteiger partial charge in [0, 0.05) is 10.3 Å². The largest absolute Gasteiger partial charge is 0.229 e. The van der Waals surface area contributed by atoms with Gasteiger partial charge in [0.15, 0.2) is 8.68 Å². The maximum atomic E-state index is 4.53. The third-order valence-corrected chi connectivity index (χ3v) is 7.92. The van der Waals surface area contributed by atoms with Gasteiger partial charge in [0.05, 0.1) is 0 Å². The number of fused-ring (bicyclic) bond motifs is 3. The van der Waals surface area contributed by atoms with E-state index in [0.29, 0.717) is 0 Å². The fourth-order valence-electron chi connectivity index (χ4n) is 2.73. The number of aryl methyl sites for hydroxylation is 1. The van der Waals surface area contributed by atoms with Crippen LogP contribution in [0.1, 0.15) is 23.8 Å². The molecule has 3 aromatic heterocycles. The van der Waals surface area contributed by atoms with Gasteiger partial charge in [-0.2, -0.15) is 0 Å². The molecular weight excluding hydrogens is 352 g/mol. The fraction of sp³-hybridized carbons (Fsp3) is 0.429. The topological polar surface area (TPSA) is 51.6 Å². The zero-order valence-electron chi connectivity index (χ0n) is 12.2. The van der Waals surface area contributed by atoms with Gasteiger partial charge in [0.1, 0.15) is 16.2 Å². The van der Waals surface area contributed by atoms with Crippen LogP contribution in [0.3, 0.4) is 0 Å². The lowest BCUT2D eigenvalue weighted by Gasteiger charge is -2.17. The summed E-state index contributed by atoms with van der Waals surface area (Å²) in [6.07, 6.45) is 7.27. The summed E-state index contributed by atoms with van der Waals surface area (Å²) in [7, 11) is 0. The standard InChI is InChI=1S/C14H14N4S4/c1-7-3-4-8-9(5-7)20-11-10(8)12(16-6-15-11)21-14-18-17-13(19-2)22-14/h6-7H,3-5H2,1-2H3/t7-/m1/s1. The van der Waals surface area contributed by atoms with Gasteiger partial charge in [-0.1, -0.05) is 30.0 Å². The molecule has 1 aliphatic rings. The Labute approximate surface area is 145 Å². The first-order valence-corrected chi connectivity index (χ1v) is 10.7. The van der Waals surface area contributed by atoms with Crippen molar-refractivity contribution in [2.24, 2.45) is 5.92 Å². The van der Waals surface area contributed by atoms with E-state index in [0.717, 1.165) is 30.9 Å². The van der Waals surface area contributed by atoms with E-state index in [1.165, 1.54) is 28.7 Å². The van der Waals surface area contributed by atoms with Gasteiger partial charge < -0.3 is 0 Å². The van der Waals surface area contributed by atoms with Crippen LogP contribution < -0.4 is 0 Å². The molecule has 22 heavy (non-hydrogen) atoms. The first-order valence-electron chi connectivity index (χ1n) is 7.05. The van der Waals surface area contributed by atoms with Gasteiger partial charge in [-0.25, -0.2) is 9.97 Å². The molecule has 0 bridgehead atoms. The van der Waals surface area contributed by atoms with Crippen LogP contribution in [0.2, 0.25) is 0 Å². The van der Waals surface area contributed by atoms with Crippen LogP contribution in [0.4, 0.5) is 0 Å². The van der Waals surface area contributed by atoms with Crippen molar-refractivity contribution in [1.29, 1.82) is 0 Å². The van der Waals surface area contributed by atoms with Crippen LogP contribution in [-0.4, -0.2) is 26.4 Å². The van der Waals surface area contributed by atoms with Gasteiger partial charge in [0.2, 0.25) is 0 Å². The Morgan fingerprint density at radius 3 is 2.86 bits per heavy atom. The van der Waals surface area contributed by atoms with Gasteiger partial charge in [0.25, 0.3) is 0 Å². The summed E-state index contributed by atoms with van der Waals surface area (Å²) in [5, 5.41) is 10.7. The number of aromatic nitrogens is 4. The molecule has 0 radical (unpaired) electrons. The summed E-state index contributed by atoms with van der Waals surface area (Å²) in [6.45, 7) is 2.33. The van der Waals surface area contributed by atoms with Gasteiger partial charge in [-0.3, -0.25) is 0 Å². The van der Waals surface area contributed by atoms with Crippen molar-refractivity contribution < 1.29 is 0 Å². The Kier molecular flexibility index (Phi) is 4.10. The summed E-state index contributed by atoms with van der Waals surface area (Å²) < 4.78 is 1.95. The van der Waals surface area contributed by atoms with E-state index in [1.54, 1.807) is 41.2 Å². The van der Waals surface area contributed by atoms with Crippen molar-refractivity contribution in [3.8, 4) is 0 Å². The zero-order chi connectivity index (χ0) is 15.1. The molecule has 8 heteroatoms. The van der Waals surface area contributed by atoms with E-state index in [1.807, 2.05) is 17.6 Å². The summed E-state index contributed by atoms with van der Waals surface area (Å²) in [4.78, 5) is 11.6. The maximum absolute atomic E-state index is 4.53. The maximum Gasteiger partial charge on any atom is 0.181 e. The van der Waals surface area contributed by atoms with E-state index in [4.69, 9.17) is 0 Å². The van der Waals surface area contributed by atoms with Crippen molar-refractivity contribution in [3.05, 3.63) is 16.8 Å². The highest BCUT2D eigenvalue weighted by Crippen LogP contribution is 2.42. The second kappa shape index (κ2) is 6.07. The number of nitrogens with zero attached hydrogens (tertiary/aromatic N) is 4. The van der Waals surface area contributed by atoms with Crippen LogP contribution in [0.25, 0.3) is 10.2 Å². The number of hydrogen-bond acceptors (Lipinski definition) is 8. The minimum atomic E-state index is 0.775. The lowest BCUT2D eigenvalue weighted by Crippen LogP contribution is -2.08. The smallest absolute Gasteiger partial charge is 0.181 e. The molecule has 3 heterocycles. The molecule has 4 rings (SSSR count). The first kappa shape index (κ1) is 14.9. The van der Waals surface area contributed by atoms with E-state index in [9.17, 15) is 0 Å². The van der Waals surface area contributed by atoms with Crippen LogP contribution in [0.15, 0.2) is 20.0 Å². The molecule has 114 valence electrons. The van der Waals surface area contributed by atoms with Gasteiger partial charge in [-0.15, -0.1) is 21.5 Å². The number of thioether (sulfide) groups is 1. The monoisotopic (exact) mass is 366 g/mol. The number of rotatable bonds is 3. The lowest BCUT2D eigenvalue weighted by atomic mass is 9.89. The van der Waals surface area contributed by atoms with Crippen LogP contribution in [0.5, 0.6) is 0 Å². The van der Waals surface area contributed by atoms with E-state index >= 15 is 0 Å². The second-order valence-corrected chi connectivity index (χ2v) is 9.70. The number of hydrogen-bond donors (Lipinski definition) is 0. The highest BCUT2D eigenvalue weighted by molar-refractivity contribution is 8.03. The minimum absolute atomic E-state index is 0.775. The van der Waals surface area contributed by atoms with Crippen molar-refractivity contribution in [2.75, 3.05) is 6.26 Å². The zero-order valence-corrected chi connectivity index (χ0v) is 15.5. The van der Waals surface area contributed by atoms with Crippen molar-refractivity contribution in [3.63, 3.8) is 0 Å². The quantitative estimate of drug-likeness (QED) is 0.501. The molecule has 0 saturated carbocycles. The summed E-state index contributed by atoms with van der Waals surface area (Å²) in [6, 6.07) is 0. The van der Waals surface area contributed by atoms with Crippen LogP contribution >= 0.6 is 46.2 Å². The summed E-state index contributed by atoms with van der Waals surface area (Å²) >= 11 is 6.71. The summed E-state index contributed by atoms with van der Waals surface area (Å²) in [5.74, 6) is 0.775. The average molecular weight is 367 g/mol. The van der Waals surface area contributed by atoms with Crippen LogP contribution in [-0.2, 0) is 12.8 Å². The Hall–Kier alpha value is -0.700. The van der Waals surface area contributed by atoms with Gasteiger partial charge >= 0.3 is 0 Å². The third kappa shape index (κ3) is 2.66. The molecule has 0 fully saturated rings. The lowest BCUT2D eigenvalue weighted by molar-refractivity contribution is 0.509. The van der Waals surface area contributed by atoms with Crippen molar-refractivity contribution in [1.82, 2.24) is 20.2 Å². The fourth-order valence-corrected chi connectivity index (χ4v) is 6.61. The molecule has 4 nitrogen and oxygen atoms in total. The molecule has 0 spiro atoms. The highest BCUT2D eigenvalue weighted by Gasteiger charge is 2.23. The SMILES string of the molecule is CSc1nnc(Sc2ncnc3sc4c(c23)CC[C@@H](C)C4)s1. The summed E-state index contributed by atoms with van der Waals surface area (Å²) in [5.41, 5.74) is 1.47. The predicted octanol–water partition coefficient (Wildman–Crippen LogP) is 4.54. The molecule has 0 aromatic carbocycles. The Balaban J connectivity index is 1.77. The molecule has 1 atom stereocenters. The molecule has 0 aliphatic heterocycles. The second-order valence-electron chi connectivity index (χ2n) is 5.35. The Morgan fingerprint density at radius 2 is 2.05 bits per heavy atom. The molecule has 0 amide bonds. The molecular formula is C14H14N4S4. The van der Waals surface area contributed by atoms with E-state index in [2.05, 4.69) is 27.1 Å². The van der Waals surface area contributed by atoms with Gasteiger partial charge in [-0.05, 0) is 48.8 Å². The average Bonchev–Trinajstić information content (AvgIpc) is 3.10. The van der Waals surface area contributed by atoms with Crippen LogP contribution in [0, 0.1) is 5.92 Å². The highest BCUT2D eigenvalue weighted by atomic mass is 32.2. The molecule has 3 aromatic rings. The van der Waals surface area contributed by atoms with E-state index < -0.39 is 0 Å². The first-order chi connectivity index (χ1) is 10.7.